The summed E-state index contributed by atoms with van der Waals surface area (Å²) in [6, 6.07) is 4.66. The number of benzene rings is 1. The van der Waals surface area contributed by atoms with Crippen LogP contribution in [0.15, 0.2) is 18.2 Å². The Labute approximate surface area is 119 Å². The first-order valence-electron chi connectivity index (χ1n) is 7.10. The van der Waals surface area contributed by atoms with Gasteiger partial charge in [0.2, 0.25) is 0 Å². The van der Waals surface area contributed by atoms with E-state index in [1.165, 1.54) is 12.1 Å². The molecule has 0 bridgehead atoms. The number of hydrogen-bond acceptors (Lipinski definition) is 4. The molecule has 1 aliphatic rings. The van der Waals surface area contributed by atoms with Gasteiger partial charge >= 0.3 is 0 Å². The maximum absolute atomic E-state index is 13.4. The quantitative estimate of drug-likeness (QED) is 0.811. The highest BCUT2D eigenvalue weighted by atomic mass is 19.1. The first-order chi connectivity index (χ1) is 9.61. The number of anilines is 1. The molecular weight excluding hydrogens is 259 g/mol. The van der Waals surface area contributed by atoms with E-state index in [2.05, 4.69) is 18.7 Å². The van der Waals surface area contributed by atoms with Gasteiger partial charge in [-0.1, -0.05) is 13.8 Å². The zero-order valence-electron chi connectivity index (χ0n) is 12.1. The molecule has 2 N–H and O–H groups in total. The van der Waals surface area contributed by atoms with Crippen molar-refractivity contribution in [3.63, 3.8) is 0 Å². The van der Waals surface area contributed by atoms with E-state index in [1.807, 2.05) is 0 Å². The van der Waals surface area contributed by atoms with Gasteiger partial charge in [-0.15, -0.1) is 0 Å². The van der Waals surface area contributed by atoms with E-state index >= 15 is 0 Å². The minimum Gasteiger partial charge on any atom is -0.486 e. The lowest BCUT2D eigenvalue weighted by Gasteiger charge is -2.38. The molecule has 4 nitrogen and oxygen atoms in total. The van der Waals surface area contributed by atoms with Crippen LogP contribution in [0.2, 0.25) is 0 Å². The summed E-state index contributed by atoms with van der Waals surface area (Å²) in [5, 5.41) is 0. The maximum Gasteiger partial charge on any atom is 0.143 e. The van der Waals surface area contributed by atoms with E-state index in [-0.39, 0.29) is 11.9 Å². The standard InChI is InChI=1S/C15H23FN2O2/c1-11(2)15-10-18(6-8-19-7-5-17)13-9-12(16)3-4-14(13)20-15/h3-4,9,11,15H,5-8,10,17H2,1-2H3. The summed E-state index contributed by atoms with van der Waals surface area (Å²) < 4.78 is 24.8. The summed E-state index contributed by atoms with van der Waals surface area (Å²) >= 11 is 0. The zero-order chi connectivity index (χ0) is 14.5. The SMILES string of the molecule is CC(C)C1CN(CCOCCN)c2cc(F)ccc2O1. The average molecular weight is 282 g/mol. The maximum atomic E-state index is 13.4. The van der Waals surface area contributed by atoms with Gasteiger partial charge < -0.3 is 20.1 Å². The summed E-state index contributed by atoms with van der Waals surface area (Å²) in [5.74, 6) is 0.902. The third-order valence-electron chi connectivity index (χ3n) is 3.45. The molecule has 20 heavy (non-hydrogen) atoms. The van der Waals surface area contributed by atoms with Crippen LogP contribution in [0.1, 0.15) is 13.8 Å². The Kier molecular flexibility index (Phi) is 5.20. The number of rotatable bonds is 6. The molecule has 0 amide bonds. The van der Waals surface area contributed by atoms with Crippen molar-refractivity contribution in [1.29, 1.82) is 0 Å². The molecule has 5 heteroatoms. The van der Waals surface area contributed by atoms with Crippen LogP contribution in [0.5, 0.6) is 5.75 Å². The Morgan fingerprint density at radius 1 is 1.45 bits per heavy atom. The molecule has 1 unspecified atom stereocenters. The monoisotopic (exact) mass is 282 g/mol. The van der Waals surface area contributed by atoms with Gasteiger partial charge in [0.05, 0.1) is 25.4 Å². The van der Waals surface area contributed by atoms with Crippen LogP contribution in [0.25, 0.3) is 0 Å². The largest absolute Gasteiger partial charge is 0.486 e. The molecular formula is C15H23FN2O2. The van der Waals surface area contributed by atoms with Gasteiger partial charge in [0.1, 0.15) is 17.7 Å². The van der Waals surface area contributed by atoms with Crippen LogP contribution in [0, 0.1) is 11.7 Å². The second kappa shape index (κ2) is 6.90. The Balaban J connectivity index is 2.10. The molecule has 1 heterocycles. The van der Waals surface area contributed by atoms with Crippen molar-refractivity contribution in [2.75, 3.05) is 37.7 Å². The van der Waals surface area contributed by atoms with Crippen LogP contribution in [-0.4, -0.2) is 39.0 Å². The topological polar surface area (TPSA) is 47.7 Å². The highest BCUT2D eigenvalue weighted by molar-refractivity contribution is 5.60. The Hall–Kier alpha value is -1.33. The van der Waals surface area contributed by atoms with E-state index < -0.39 is 0 Å². The van der Waals surface area contributed by atoms with Crippen molar-refractivity contribution < 1.29 is 13.9 Å². The van der Waals surface area contributed by atoms with Crippen molar-refractivity contribution in [2.24, 2.45) is 11.7 Å². The van der Waals surface area contributed by atoms with Crippen LogP contribution >= 0.6 is 0 Å². The Morgan fingerprint density at radius 3 is 2.95 bits per heavy atom. The summed E-state index contributed by atoms with van der Waals surface area (Å²) in [4.78, 5) is 2.13. The van der Waals surface area contributed by atoms with E-state index in [4.69, 9.17) is 15.2 Å². The molecule has 2 rings (SSSR count). The summed E-state index contributed by atoms with van der Waals surface area (Å²) in [6.07, 6.45) is 0.113. The van der Waals surface area contributed by atoms with Gasteiger partial charge in [0.25, 0.3) is 0 Å². The second-order valence-corrected chi connectivity index (χ2v) is 5.36. The molecule has 1 aromatic carbocycles. The molecule has 1 aromatic rings. The van der Waals surface area contributed by atoms with Crippen molar-refractivity contribution in [3.8, 4) is 5.75 Å². The normalized spacial score (nSPS) is 18.1. The lowest BCUT2D eigenvalue weighted by Crippen LogP contribution is -2.44. The van der Waals surface area contributed by atoms with E-state index in [0.717, 1.165) is 18.0 Å². The molecule has 0 saturated heterocycles. The third kappa shape index (κ3) is 3.61. The Morgan fingerprint density at radius 2 is 2.25 bits per heavy atom. The smallest absolute Gasteiger partial charge is 0.143 e. The number of nitrogens with two attached hydrogens (primary N) is 1. The lowest BCUT2D eigenvalue weighted by atomic mass is 10.0. The molecule has 0 spiro atoms. The number of nitrogens with zero attached hydrogens (tertiary/aromatic N) is 1. The van der Waals surface area contributed by atoms with E-state index in [1.54, 1.807) is 6.07 Å². The van der Waals surface area contributed by atoms with Crippen LogP contribution in [0.3, 0.4) is 0 Å². The van der Waals surface area contributed by atoms with Crippen molar-refractivity contribution in [3.05, 3.63) is 24.0 Å². The molecule has 0 aliphatic carbocycles. The van der Waals surface area contributed by atoms with Crippen molar-refractivity contribution >= 4 is 5.69 Å². The fourth-order valence-electron chi connectivity index (χ4n) is 2.27. The van der Waals surface area contributed by atoms with Gasteiger partial charge in [-0.05, 0) is 18.1 Å². The van der Waals surface area contributed by atoms with Gasteiger partial charge in [0, 0.05) is 19.2 Å². The van der Waals surface area contributed by atoms with Gasteiger partial charge in [-0.3, -0.25) is 0 Å². The summed E-state index contributed by atoms with van der Waals surface area (Å²) in [5.41, 5.74) is 6.20. The molecule has 0 saturated carbocycles. The fourth-order valence-corrected chi connectivity index (χ4v) is 2.27. The summed E-state index contributed by atoms with van der Waals surface area (Å²) in [6.45, 7) is 7.36. The molecule has 112 valence electrons. The number of ether oxygens (including phenoxy) is 2. The van der Waals surface area contributed by atoms with Gasteiger partial charge in [-0.2, -0.15) is 0 Å². The fraction of sp³-hybridized carbons (Fsp3) is 0.600. The third-order valence-corrected chi connectivity index (χ3v) is 3.45. The number of fused-ring (bicyclic) bond motifs is 1. The summed E-state index contributed by atoms with van der Waals surface area (Å²) in [7, 11) is 0. The van der Waals surface area contributed by atoms with Crippen LogP contribution in [-0.2, 0) is 4.74 Å². The van der Waals surface area contributed by atoms with Gasteiger partial charge in [-0.25, -0.2) is 4.39 Å². The van der Waals surface area contributed by atoms with Crippen molar-refractivity contribution in [2.45, 2.75) is 20.0 Å². The minimum atomic E-state index is -0.247. The number of hydrogen-bond donors (Lipinski definition) is 1. The van der Waals surface area contributed by atoms with Gasteiger partial charge in [0.15, 0.2) is 0 Å². The van der Waals surface area contributed by atoms with E-state index in [0.29, 0.717) is 32.2 Å². The predicted molar refractivity (Wildman–Crippen MR) is 77.7 cm³/mol. The first-order valence-corrected chi connectivity index (χ1v) is 7.10. The molecule has 1 aliphatic heterocycles. The molecule has 0 radical (unpaired) electrons. The minimum absolute atomic E-state index is 0.113. The van der Waals surface area contributed by atoms with E-state index in [9.17, 15) is 4.39 Å². The second-order valence-electron chi connectivity index (χ2n) is 5.36. The molecule has 1 atom stereocenters. The lowest BCUT2D eigenvalue weighted by molar-refractivity contribution is 0.127. The highest BCUT2D eigenvalue weighted by Gasteiger charge is 2.27. The highest BCUT2D eigenvalue weighted by Crippen LogP contribution is 2.35. The molecule has 0 aromatic heterocycles. The first kappa shape index (κ1) is 15.1. The average Bonchev–Trinajstić information content (AvgIpc) is 2.43. The Bertz CT molecular complexity index is 440. The van der Waals surface area contributed by atoms with Crippen LogP contribution < -0.4 is 15.4 Å². The predicted octanol–water partition coefficient (Wildman–Crippen LogP) is 2.02. The number of halogens is 1. The zero-order valence-corrected chi connectivity index (χ0v) is 12.1. The van der Waals surface area contributed by atoms with Crippen LogP contribution in [0.4, 0.5) is 10.1 Å². The van der Waals surface area contributed by atoms with Crippen molar-refractivity contribution in [1.82, 2.24) is 0 Å². The molecule has 0 fully saturated rings.